The minimum atomic E-state index is -0.638. The van der Waals surface area contributed by atoms with Crippen molar-refractivity contribution in [3.63, 3.8) is 0 Å². The van der Waals surface area contributed by atoms with Crippen LogP contribution >= 0.6 is 0 Å². The van der Waals surface area contributed by atoms with E-state index in [0.717, 1.165) is 0 Å². The van der Waals surface area contributed by atoms with Crippen LogP contribution in [0.2, 0.25) is 0 Å². The largest absolute Gasteiger partial charge is 0.464 e. The Hall–Kier alpha value is -2.15. The summed E-state index contributed by atoms with van der Waals surface area (Å²) in [6.45, 7) is 9.73. The molecule has 0 saturated heterocycles. The molecule has 1 heterocycles. The Morgan fingerprint density at radius 1 is 1.12 bits per heavy atom. The molecule has 0 unspecified atom stereocenters. The molecule has 1 atom stereocenters. The lowest BCUT2D eigenvalue weighted by Gasteiger charge is -2.30. The average molecular weight is 366 g/mol. The van der Waals surface area contributed by atoms with Crippen molar-refractivity contribution in [2.45, 2.75) is 47.1 Å². The summed E-state index contributed by atoms with van der Waals surface area (Å²) in [7, 11) is 2.89. The van der Waals surface area contributed by atoms with Gasteiger partial charge in [-0.15, -0.1) is 0 Å². The summed E-state index contributed by atoms with van der Waals surface area (Å²) < 4.78 is 9.81. The highest BCUT2D eigenvalue weighted by Crippen LogP contribution is 2.22. The minimum Gasteiger partial charge on any atom is -0.464 e. The number of aryl methyl sites for hydroxylation is 1. The third-order valence-corrected chi connectivity index (χ3v) is 4.44. The van der Waals surface area contributed by atoms with Crippen molar-refractivity contribution >= 4 is 17.7 Å². The highest BCUT2D eigenvalue weighted by molar-refractivity contribution is 6.06. The molecule has 0 aliphatic rings. The zero-order valence-corrected chi connectivity index (χ0v) is 16.8. The topological polar surface area (TPSA) is 88.7 Å². The first-order valence-electron chi connectivity index (χ1n) is 8.78. The molecule has 146 valence electrons. The van der Waals surface area contributed by atoms with E-state index in [1.54, 1.807) is 32.8 Å². The average Bonchev–Trinajstić information content (AvgIpc) is 2.90. The van der Waals surface area contributed by atoms with Gasteiger partial charge in [0.05, 0.1) is 13.2 Å². The molecule has 1 amide bonds. The maximum atomic E-state index is 13.1. The van der Waals surface area contributed by atoms with E-state index in [9.17, 15) is 14.4 Å². The standard InChI is InChI=1S/C19H30N2O5/c1-11(2)18(23)21(9-8-10-25-6)14(5)17(22)15-12(3)16(19(24)26-7)20-13(15)4/h11,14,20H,8-10H2,1-7H3/t14-/m0/s1. The van der Waals surface area contributed by atoms with Crippen molar-refractivity contribution in [3.05, 3.63) is 22.5 Å². The summed E-state index contributed by atoms with van der Waals surface area (Å²) in [6.07, 6.45) is 0.644. The molecule has 0 spiro atoms. The van der Waals surface area contributed by atoms with E-state index < -0.39 is 12.0 Å². The van der Waals surface area contributed by atoms with E-state index >= 15 is 0 Å². The molecule has 1 rings (SSSR count). The van der Waals surface area contributed by atoms with Crippen LogP contribution in [0.25, 0.3) is 0 Å². The third-order valence-electron chi connectivity index (χ3n) is 4.44. The number of ketones is 1. The van der Waals surface area contributed by atoms with Crippen molar-refractivity contribution in [1.29, 1.82) is 0 Å². The Labute approximate surface area is 155 Å². The smallest absolute Gasteiger partial charge is 0.354 e. The van der Waals surface area contributed by atoms with Gasteiger partial charge in [0.1, 0.15) is 5.69 Å². The number of esters is 1. The van der Waals surface area contributed by atoms with Gasteiger partial charge in [-0.25, -0.2) is 4.79 Å². The molecule has 7 heteroatoms. The third kappa shape index (κ3) is 4.72. The van der Waals surface area contributed by atoms with Crippen molar-refractivity contribution in [2.75, 3.05) is 27.4 Å². The van der Waals surface area contributed by atoms with Crippen LogP contribution in [0.4, 0.5) is 0 Å². The first-order chi connectivity index (χ1) is 12.2. The van der Waals surface area contributed by atoms with Gasteiger partial charge in [0.25, 0.3) is 0 Å². The zero-order valence-electron chi connectivity index (χ0n) is 16.8. The second-order valence-electron chi connectivity index (χ2n) is 6.69. The second-order valence-corrected chi connectivity index (χ2v) is 6.69. The molecule has 1 aromatic heterocycles. The van der Waals surface area contributed by atoms with Gasteiger partial charge >= 0.3 is 5.97 Å². The number of aromatic nitrogens is 1. The Balaban J connectivity index is 3.17. The first-order valence-corrected chi connectivity index (χ1v) is 8.78. The second kappa shape index (κ2) is 9.52. The monoisotopic (exact) mass is 366 g/mol. The quantitative estimate of drug-likeness (QED) is 0.412. The number of ether oxygens (including phenoxy) is 2. The van der Waals surface area contributed by atoms with Crippen LogP contribution in [0.1, 0.15) is 59.3 Å². The van der Waals surface area contributed by atoms with Crippen LogP contribution in [-0.4, -0.2) is 61.0 Å². The van der Waals surface area contributed by atoms with Crippen molar-refractivity contribution in [1.82, 2.24) is 9.88 Å². The fourth-order valence-corrected chi connectivity index (χ4v) is 2.98. The molecule has 0 bridgehead atoms. The molecule has 1 N–H and O–H groups in total. The van der Waals surface area contributed by atoms with Crippen molar-refractivity contribution < 1.29 is 23.9 Å². The van der Waals surface area contributed by atoms with E-state index in [1.165, 1.54) is 7.11 Å². The van der Waals surface area contributed by atoms with Crippen LogP contribution in [0.15, 0.2) is 0 Å². The van der Waals surface area contributed by atoms with Crippen LogP contribution < -0.4 is 0 Å². The summed E-state index contributed by atoms with van der Waals surface area (Å²) in [5, 5.41) is 0. The van der Waals surface area contributed by atoms with Gasteiger partial charge in [0, 0.05) is 37.4 Å². The number of nitrogens with zero attached hydrogens (tertiary/aromatic N) is 1. The van der Waals surface area contributed by atoms with Crippen LogP contribution in [0.5, 0.6) is 0 Å². The highest BCUT2D eigenvalue weighted by Gasteiger charge is 2.31. The number of nitrogens with one attached hydrogen (secondary N) is 1. The molecule has 0 radical (unpaired) electrons. The molecule has 7 nitrogen and oxygen atoms in total. The van der Waals surface area contributed by atoms with E-state index in [2.05, 4.69) is 4.98 Å². The van der Waals surface area contributed by atoms with Gasteiger partial charge in [-0.2, -0.15) is 0 Å². The van der Waals surface area contributed by atoms with E-state index in [4.69, 9.17) is 9.47 Å². The normalized spacial score (nSPS) is 12.2. The summed E-state index contributed by atoms with van der Waals surface area (Å²) >= 11 is 0. The Morgan fingerprint density at radius 2 is 1.73 bits per heavy atom. The number of Topliss-reactive ketones (excluding diaryl/α,β-unsaturated/α-hetero) is 1. The van der Waals surface area contributed by atoms with E-state index in [0.29, 0.717) is 36.4 Å². The Bertz CT molecular complexity index is 663. The Kier molecular flexibility index (Phi) is 8.02. The molecule has 1 aromatic rings. The van der Waals surface area contributed by atoms with Crippen LogP contribution in [0.3, 0.4) is 0 Å². The van der Waals surface area contributed by atoms with Gasteiger partial charge < -0.3 is 19.4 Å². The maximum Gasteiger partial charge on any atom is 0.354 e. The highest BCUT2D eigenvalue weighted by atomic mass is 16.5. The van der Waals surface area contributed by atoms with Crippen LogP contribution in [-0.2, 0) is 14.3 Å². The fraction of sp³-hybridized carbons (Fsp3) is 0.632. The lowest BCUT2D eigenvalue weighted by atomic mass is 9.98. The molecule has 0 aromatic carbocycles. The maximum absolute atomic E-state index is 13.1. The van der Waals surface area contributed by atoms with E-state index in [-0.39, 0.29) is 23.3 Å². The Morgan fingerprint density at radius 3 is 2.23 bits per heavy atom. The van der Waals surface area contributed by atoms with Gasteiger partial charge in [0.15, 0.2) is 5.78 Å². The number of methoxy groups -OCH3 is 2. The first kappa shape index (κ1) is 21.9. The van der Waals surface area contributed by atoms with Gasteiger partial charge in [0.2, 0.25) is 5.91 Å². The van der Waals surface area contributed by atoms with Gasteiger partial charge in [-0.3, -0.25) is 9.59 Å². The predicted octanol–water partition coefficient (Wildman–Crippen LogP) is 2.51. The zero-order chi connectivity index (χ0) is 20.0. The van der Waals surface area contributed by atoms with Crippen molar-refractivity contribution in [3.8, 4) is 0 Å². The molecule has 0 fully saturated rings. The summed E-state index contributed by atoms with van der Waals surface area (Å²) in [6, 6.07) is -0.638. The van der Waals surface area contributed by atoms with Gasteiger partial charge in [-0.05, 0) is 32.8 Å². The number of carbonyl (C=O) groups excluding carboxylic acids is 3. The molecule has 0 saturated carbocycles. The fourth-order valence-electron chi connectivity index (χ4n) is 2.98. The lowest BCUT2D eigenvalue weighted by molar-refractivity contribution is -0.135. The number of H-pyrrole nitrogens is 1. The molecular formula is C19H30N2O5. The van der Waals surface area contributed by atoms with Crippen LogP contribution in [0, 0.1) is 19.8 Å². The van der Waals surface area contributed by atoms with E-state index in [1.807, 2.05) is 13.8 Å². The predicted molar refractivity (Wildman–Crippen MR) is 98.4 cm³/mol. The number of amides is 1. The molecule has 0 aliphatic heterocycles. The SMILES string of the molecule is COCCCN(C(=O)C(C)C)[C@@H](C)C(=O)c1c(C)[nH]c(C(=O)OC)c1C. The van der Waals surface area contributed by atoms with Gasteiger partial charge in [-0.1, -0.05) is 13.8 Å². The minimum absolute atomic E-state index is 0.0824. The number of hydrogen-bond donors (Lipinski definition) is 1. The number of carbonyl (C=O) groups is 3. The summed E-state index contributed by atoms with van der Waals surface area (Å²) in [4.78, 5) is 42.1. The molecular weight excluding hydrogens is 336 g/mol. The summed E-state index contributed by atoms with van der Waals surface area (Å²) in [5.41, 5.74) is 1.83. The number of aromatic amines is 1. The summed E-state index contributed by atoms with van der Waals surface area (Å²) in [5.74, 6) is -1.02. The van der Waals surface area contributed by atoms with Crippen molar-refractivity contribution in [2.24, 2.45) is 5.92 Å². The lowest BCUT2D eigenvalue weighted by Crippen LogP contribution is -2.46. The number of rotatable bonds is 9. The number of hydrogen-bond acceptors (Lipinski definition) is 5. The molecule has 0 aliphatic carbocycles. The molecule has 26 heavy (non-hydrogen) atoms.